The molecule has 31 heavy (non-hydrogen) atoms. The highest BCUT2D eigenvalue weighted by atomic mass is 19.1. The number of hydrogen-bond acceptors (Lipinski definition) is 4. The molecular formula is C24H27FN2O4. The van der Waals surface area contributed by atoms with Crippen LogP contribution in [0, 0.1) is 17.7 Å². The molecule has 0 unspecified atom stereocenters. The lowest BCUT2D eigenvalue weighted by Gasteiger charge is -2.21. The van der Waals surface area contributed by atoms with Crippen molar-refractivity contribution in [2.45, 2.75) is 18.8 Å². The van der Waals surface area contributed by atoms with Gasteiger partial charge in [-0.3, -0.25) is 9.59 Å². The van der Waals surface area contributed by atoms with Crippen LogP contribution in [0.3, 0.4) is 0 Å². The summed E-state index contributed by atoms with van der Waals surface area (Å²) >= 11 is 0. The molecule has 2 aromatic rings. The number of nitrogens with zero attached hydrogens (tertiary/aromatic N) is 1. The molecule has 6 nitrogen and oxygen atoms in total. The second-order valence-corrected chi connectivity index (χ2v) is 8.20. The van der Waals surface area contributed by atoms with Gasteiger partial charge in [-0.15, -0.1) is 0 Å². The summed E-state index contributed by atoms with van der Waals surface area (Å²) in [6.45, 7) is 1.32. The van der Waals surface area contributed by atoms with E-state index in [9.17, 15) is 14.0 Å². The molecule has 0 aromatic heterocycles. The van der Waals surface area contributed by atoms with E-state index in [1.807, 2.05) is 12.1 Å². The van der Waals surface area contributed by atoms with E-state index in [0.717, 1.165) is 18.4 Å². The lowest BCUT2D eigenvalue weighted by molar-refractivity contribution is -0.125. The summed E-state index contributed by atoms with van der Waals surface area (Å²) in [4.78, 5) is 27.8. The third kappa shape index (κ3) is 4.50. The van der Waals surface area contributed by atoms with Crippen molar-refractivity contribution in [2.75, 3.05) is 33.9 Å². The summed E-state index contributed by atoms with van der Waals surface area (Å²) < 4.78 is 24.3. The van der Waals surface area contributed by atoms with Gasteiger partial charge in [-0.2, -0.15) is 0 Å². The summed E-state index contributed by atoms with van der Waals surface area (Å²) in [5.41, 5.74) is 1.24. The molecule has 0 spiro atoms. The molecule has 1 aliphatic carbocycles. The third-order valence-electron chi connectivity index (χ3n) is 6.13. The minimum absolute atomic E-state index is 0.0591. The number of ether oxygens (including phenoxy) is 2. The quantitative estimate of drug-likeness (QED) is 0.738. The van der Waals surface area contributed by atoms with Crippen LogP contribution in [-0.4, -0.2) is 50.6 Å². The summed E-state index contributed by atoms with van der Waals surface area (Å²) in [5, 5.41) is 3.06. The number of carbonyl (C=O) groups excluding carboxylic acids is 2. The van der Waals surface area contributed by atoms with Gasteiger partial charge < -0.3 is 19.7 Å². The van der Waals surface area contributed by atoms with E-state index < -0.39 is 11.7 Å². The second-order valence-electron chi connectivity index (χ2n) is 8.20. The number of rotatable bonds is 7. The molecule has 1 heterocycles. The first-order valence-corrected chi connectivity index (χ1v) is 10.5. The SMILES string of the molecule is COc1cccc([C@H]2CN(C(=O)c3ccc(F)cc3)C[C@H]2C(=O)NCC2CC2)c1OC. The fourth-order valence-electron chi connectivity index (χ4n) is 4.23. The summed E-state index contributed by atoms with van der Waals surface area (Å²) in [6, 6.07) is 11.1. The van der Waals surface area contributed by atoms with Crippen LogP contribution in [0.5, 0.6) is 11.5 Å². The van der Waals surface area contributed by atoms with Gasteiger partial charge in [-0.1, -0.05) is 12.1 Å². The molecule has 1 N–H and O–H groups in total. The zero-order chi connectivity index (χ0) is 22.0. The molecular weight excluding hydrogens is 399 g/mol. The van der Waals surface area contributed by atoms with Crippen molar-refractivity contribution >= 4 is 11.8 Å². The molecule has 0 bridgehead atoms. The lowest BCUT2D eigenvalue weighted by atomic mass is 9.87. The van der Waals surface area contributed by atoms with Gasteiger partial charge in [0.05, 0.1) is 20.1 Å². The van der Waals surface area contributed by atoms with Crippen molar-refractivity contribution in [1.82, 2.24) is 10.2 Å². The normalized spacial score (nSPS) is 20.4. The number of nitrogens with one attached hydrogen (secondary N) is 1. The lowest BCUT2D eigenvalue weighted by Crippen LogP contribution is -2.36. The zero-order valence-electron chi connectivity index (χ0n) is 17.8. The third-order valence-corrected chi connectivity index (χ3v) is 6.13. The van der Waals surface area contributed by atoms with Crippen LogP contribution in [0.25, 0.3) is 0 Å². The van der Waals surface area contributed by atoms with Crippen molar-refractivity contribution in [3.8, 4) is 11.5 Å². The van der Waals surface area contributed by atoms with Gasteiger partial charge in [0, 0.05) is 36.7 Å². The number of hydrogen-bond donors (Lipinski definition) is 1. The Morgan fingerprint density at radius 1 is 1.06 bits per heavy atom. The fraction of sp³-hybridized carbons (Fsp3) is 0.417. The molecule has 1 saturated carbocycles. The standard InChI is InChI=1S/C24H27FN2O4/c1-30-21-5-3-4-18(22(21)31-2)19-13-27(24(29)16-8-10-17(25)11-9-16)14-20(19)23(28)26-12-15-6-7-15/h3-5,8-11,15,19-20H,6-7,12-14H2,1-2H3,(H,26,28)/t19-,20-/m1/s1. The highest BCUT2D eigenvalue weighted by Crippen LogP contribution is 2.42. The van der Waals surface area contributed by atoms with E-state index in [1.54, 1.807) is 25.2 Å². The molecule has 2 amide bonds. The monoisotopic (exact) mass is 426 g/mol. The Morgan fingerprint density at radius 3 is 2.45 bits per heavy atom. The van der Waals surface area contributed by atoms with Crippen molar-refractivity contribution in [1.29, 1.82) is 0 Å². The van der Waals surface area contributed by atoms with Crippen LogP contribution in [0.4, 0.5) is 4.39 Å². The molecule has 1 saturated heterocycles. The number of halogens is 1. The maximum atomic E-state index is 13.3. The smallest absolute Gasteiger partial charge is 0.253 e. The Kier molecular flexibility index (Phi) is 6.11. The Labute approximate surface area is 181 Å². The largest absolute Gasteiger partial charge is 0.493 e. The molecule has 2 aliphatic rings. The number of amides is 2. The van der Waals surface area contributed by atoms with Crippen molar-refractivity contribution < 1.29 is 23.5 Å². The van der Waals surface area contributed by atoms with Gasteiger partial charge >= 0.3 is 0 Å². The van der Waals surface area contributed by atoms with Crippen LogP contribution in [0.15, 0.2) is 42.5 Å². The van der Waals surface area contributed by atoms with E-state index in [4.69, 9.17) is 9.47 Å². The van der Waals surface area contributed by atoms with Gasteiger partial charge in [-0.05, 0) is 49.1 Å². The average molecular weight is 426 g/mol. The summed E-state index contributed by atoms with van der Waals surface area (Å²) in [5.74, 6) is 0.395. The predicted octanol–water partition coefficient (Wildman–Crippen LogP) is 3.22. The van der Waals surface area contributed by atoms with Gasteiger partial charge in [0.25, 0.3) is 5.91 Å². The second kappa shape index (κ2) is 8.96. The molecule has 4 rings (SSSR count). The highest BCUT2D eigenvalue weighted by molar-refractivity contribution is 5.95. The molecule has 7 heteroatoms. The first-order chi connectivity index (χ1) is 15.0. The Balaban J connectivity index is 1.62. The molecule has 164 valence electrons. The van der Waals surface area contributed by atoms with Crippen molar-refractivity contribution in [3.05, 3.63) is 59.4 Å². The maximum Gasteiger partial charge on any atom is 0.253 e. The minimum Gasteiger partial charge on any atom is -0.493 e. The minimum atomic E-state index is -0.413. The van der Waals surface area contributed by atoms with E-state index >= 15 is 0 Å². The van der Waals surface area contributed by atoms with Gasteiger partial charge in [-0.25, -0.2) is 4.39 Å². The number of carbonyl (C=O) groups is 2. The van der Waals surface area contributed by atoms with Crippen LogP contribution < -0.4 is 14.8 Å². The highest BCUT2D eigenvalue weighted by Gasteiger charge is 2.42. The van der Waals surface area contributed by atoms with Crippen molar-refractivity contribution in [3.63, 3.8) is 0 Å². The fourth-order valence-corrected chi connectivity index (χ4v) is 4.23. The first kappa shape index (κ1) is 21.2. The van der Waals surface area contributed by atoms with Gasteiger partial charge in [0.1, 0.15) is 5.82 Å². The molecule has 0 radical (unpaired) electrons. The molecule has 2 atom stereocenters. The van der Waals surface area contributed by atoms with Gasteiger partial charge in [0.2, 0.25) is 5.91 Å². The topological polar surface area (TPSA) is 67.9 Å². The first-order valence-electron chi connectivity index (χ1n) is 10.5. The Hall–Kier alpha value is -3.09. The van der Waals surface area contributed by atoms with E-state index in [2.05, 4.69) is 5.32 Å². The van der Waals surface area contributed by atoms with Crippen LogP contribution >= 0.6 is 0 Å². The number of para-hydroxylation sites is 1. The van der Waals surface area contributed by atoms with Crippen LogP contribution in [0.1, 0.15) is 34.7 Å². The Morgan fingerprint density at radius 2 is 1.81 bits per heavy atom. The van der Waals surface area contributed by atoms with E-state index in [-0.39, 0.29) is 24.3 Å². The van der Waals surface area contributed by atoms with Crippen LogP contribution in [0.2, 0.25) is 0 Å². The summed E-state index contributed by atoms with van der Waals surface area (Å²) in [7, 11) is 3.14. The molecule has 2 aromatic carbocycles. The predicted molar refractivity (Wildman–Crippen MR) is 114 cm³/mol. The Bertz CT molecular complexity index is 959. The van der Waals surface area contributed by atoms with E-state index in [0.29, 0.717) is 36.1 Å². The molecule has 2 fully saturated rings. The maximum absolute atomic E-state index is 13.3. The van der Waals surface area contributed by atoms with Gasteiger partial charge in [0.15, 0.2) is 11.5 Å². The molecule has 1 aliphatic heterocycles. The average Bonchev–Trinajstić information content (AvgIpc) is 3.52. The number of likely N-dealkylation sites (tertiary alicyclic amines) is 1. The zero-order valence-corrected chi connectivity index (χ0v) is 17.8. The number of methoxy groups -OCH3 is 2. The number of benzene rings is 2. The summed E-state index contributed by atoms with van der Waals surface area (Å²) in [6.07, 6.45) is 2.29. The van der Waals surface area contributed by atoms with Crippen molar-refractivity contribution in [2.24, 2.45) is 11.8 Å². The van der Waals surface area contributed by atoms with E-state index in [1.165, 1.54) is 24.3 Å². The van der Waals surface area contributed by atoms with Crippen LogP contribution in [-0.2, 0) is 4.79 Å².